The van der Waals surface area contributed by atoms with E-state index in [9.17, 15) is 4.79 Å². The fourth-order valence-corrected chi connectivity index (χ4v) is 3.45. The van der Waals surface area contributed by atoms with Crippen LogP contribution in [0.4, 0.5) is 0 Å². The third-order valence-electron chi connectivity index (χ3n) is 4.59. The molecule has 0 N–H and O–H groups in total. The van der Waals surface area contributed by atoms with Crippen LogP contribution in [-0.2, 0) is 18.3 Å². The van der Waals surface area contributed by atoms with E-state index in [2.05, 4.69) is 35.4 Å². The average molecular weight is 282 g/mol. The molecule has 0 radical (unpaired) electrons. The highest BCUT2D eigenvalue weighted by Gasteiger charge is 2.30. The van der Waals surface area contributed by atoms with Crippen molar-refractivity contribution in [3.8, 4) is 0 Å². The Kier molecular flexibility index (Phi) is 3.91. The molecule has 1 aliphatic rings. The molecule has 0 bridgehead atoms. The van der Waals surface area contributed by atoms with E-state index in [0.717, 1.165) is 25.0 Å². The van der Waals surface area contributed by atoms with Gasteiger partial charge in [0.2, 0.25) is 0 Å². The van der Waals surface area contributed by atoms with Gasteiger partial charge >= 0.3 is 0 Å². The summed E-state index contributed by atoms with van der Waals surface area (Å²) in [6, 6.07) is 12.7. The zero-order chi connectivity index (χ0) is 14.8. The van der Waals surface area contributed by atoms with E-state index in [1.807, 2.05) is 24.7 Å². The number of hydrogen-bond acceptors (Lipinski definition) is 2. The normalized spacial score (nSPS) is 22.5. The van der Waals surface area contributed by atoms with Gasteiger partial charge in [-0.15, -0.1) is 0 Å². The lowest BCUT2D eigenvalue weighted by Gasteiger charge is -2.28. The Bertz CT molecular complexity index is 630. The topological polar surface area (TPSA) is 34.9 Å². The van der Waals surface area contributed by atoms with Crippen LogP contribution in [0.25, 0.3) is 0 Å². The highest BCUT2D eigenvalue weighted by molar-refractivity contribution is 5.82. The van der Waals surface area contributed by atoms with Gasteiger partial charge in [0.1, 0.15) is 5.78 Å². The van der Waals surface area contributed by atoms with E-state index in [0.29, 0.717) is 18.1 Å². The van der Waals surface area contributed by atoms with Crippen LogP contribution in [0.2, 0.25) is 0 Å². The molecule has 3 heteroatoms. The third kappa shape index (κ3) is 3.07. The van der Waals surface area contributed by atoms with Crippen molar-refractivity contribution in [1.29, 1.82) is 0 Å². The van der Waals surface area contributed by atoms with Gasteiger partial charge in [-0.25, -0.2) is 0 Å². The van der Waals surface area contributed by atoms with Gasteiger partial charge in [0.05, 0.1) is 5.69 Å². The van der Waals surface area contributed by atoms with Crippen LogP contribution in [0.1, 0.15) is 42.1 Å². The summed E-state index contributed by atoms with van der Waals surface area (Å²) in [6.07, 6.45) is 3.48. The SMILES string of the molecule is Cc1cc(CC2CC(c3ccccc3)CCC2=O)n(C)n1. The maximum absolute atomic E-state index is 12.3. The van der Waals surface area contributed by atoms with Crippen LogP contribution >= 0.6 is 0 Å². The van der Waals surface area contributed by atoms with Crippen LogP contribution in [-0.4, -0.2) is 15.6 Å². The Morgan fingerprint density at radius 1 is 1.29 bits per heavy atom. The Labute approximate surface area is 126 Å². The maximum Gasteiger partial charge on any atom is 0.136 e. The number of carbonyl (C=O) groups excluding carboxylic acids is 1. The molecule has 3 rings (SSSR count). The second-order valence-corrected chi connectivity index (χ2v) is 6.15. The zero-order valence-corrected chi connectivity index (χ0v) is 12.7. The number of nitrogens with zero attached hydrogens (tertiary/aromatic N) is 2. The molecule has 0 spiro atoms. The molecule has 1 saturated carbocycles. The van der Waals surface area contributed by atoms with Crippen LogP contribution in [0.3, 0.4) is 0 Å². The van der Waals surface area contributed by atoms with Crippen LogP contribution in [0, 0.1) is 12.8 Å². The largest absolute Gasteiger partial charge is 0.299 e. The van der Waals surface area contributed by atoms with E-state index in [1.54, 1.807) is 0 Å². The van der Waals surface area contributed by atoms with Crippen molar-refractivity contribution in [2.45, 2.75) is 38.5 Å². The molecule has 1 fully saturated rings. The van der Waals surface area contributed by atoms with Gasteiger partial charge < -0.3 is 0 Å². The monoisotopic (exact) mass is 282 g/mol. The Morgan fingerprint density at radius 2 is 2.05 bits per heavy atom. The minimum absolute atomic E-state index is 0.138. The Balaban J connectivity index is 1.75. The molecule has 0 saturated heterocycles. The first-order valence-electron chi connectivity index (χ1n) is 7.70. The molecule has 1 aliphatic carbocycles. The van der Waals surface area contributed by atoms with Gasteiger partial charge in [-0.05, 0) is 43.7 Å². The summed E-state index contributed by atoms with van der Waals surface area (Å²) in [7, 11) is 1.96. The number of aryl methyl sites for hydroxylation is 2. The minimum Gasteiger partial charge on any atom is -0.299 e. The number of benzene rings is 1. The van der Waals surface area contributed by atoms with Crippen molar-refractivity contribution >= 4 is 5.78 Å². The summed E-state index contributed by atoms with van der Waals surface area (Å²) in [5.41, 5.74) is 3.56. The first-order chi connectivity index (χ1) is 10.1. The quantitative estimate of drug-likeness (QED) is 0.864. The van der Waals surface area contributed by atoms with Gasteiger partial charge in [0.25, 0.3) is 0 Å². The summed E-state index contributed by atoms with van der Waals surface area (Å²) in [5.74, 6) is 1.07. The third-order valence-corrected chi connectivity index (χ3v) is 4.59. The molecule has 3 nitrogen and oxygen atoms in total. The number of hydrogen-bond donors (Lipinski definition) is 0. The summed E-state index contributed by atoms with van der Waals surface area (Å²) in [4.78, 5) is 12.3. The minimum atomic E-state index is 0.138. The number of carbonyl (C=O) groups is 1. The van der Waals surface area contributed by atoms with E-state index < -0.39 is 0 Å². The predicted octanol–water partition coefficient (Wildman–Crippen LogP) is 3.42. The molecular weight excluding hydrogens is 260 g/mol. The highest BCUT2D eigenvalue weighted by atomic mass is 16.1. The number of rotatable bonds is 3. The molecule has 2 aromatic rings. The zero-order valence-electron chi connectivity index (χ0n) is 12.7. The van der Waals surface area contributed by atoms with Crippen molar-refractivity contribution < 1.29 is 4.79 Å². The van der Waals surface area contributed by atoms with Crippen molar-refractivity contribution in [3.05, 3.63) is 53.3 Å². The van der Waals surface area contributed by atoms with Crippen molar-refractivity contribution in [1.82, 2.24) is 9.78 Å². The van der Waals surface area contributed by atoms with E-state index in [4.69, 9.17) is 0 Å². The molecule has 1 aromatic carbocycles. The van der Waals surface area contributed by atoms with Gasteiger partial charge in [-0.3, -0.25) is 9.48 Å². The second-order valence-electron chi connectivity index (χ2n) is 6.15. The fourth-order valence-electron chi connectivity index (χ4n) is 3.45. The highest BCUT2D eigenvalue weighted by Crippen LogP contribution is 2.35. The van der Waals surface area contributed by atoms with Crippen LogP contribution in [0.5, 0.6) is 0 Å². The predicted molar refractivity (Wildman–Crippen MR) is 83.2 cm³/mol. The summed E-state index contributed by atoms with van der Waals surface area (Å²) in [6.45, 7) is 2.00. The van der Waals surface area contributed by atoms with E-state index in [1.165, 1.54) is 11.3 Å². The van der Waals surface area contributed by atoms with Gasteiger partial charge in [-0.1, -0.05) is 30.3 Å². The van der Waals surface area contributed by atoms with Gasteiger partial charge in [-0.2, -0.15) is 5.10 Å². The lowest BCUT2D eigenvalue weighted by molar-refractivity contribution is -0.124. The summed E-state index contributed by atoms with van der Waals surface area (Å²) >= 11 is 0. The average Bonchev–Trinajstić information content (AvgIpc) is 2.80. The summed E-state index contributed by atoms with van der Waals surface area (Å²) in [5, 5.41) is 4.38. The molecule has 1 aromatic heterocycles. The fraction of sp³-hybridized carbons (Fsp3) is 0.444. The van der Waals surface area contributed by atoms with Crippen molar-refractivity contribution in [2.24, 2.45) is 13.0 Å². The first-order valence-corrected chi connectivity index (χ1v) is 7.70. The smallest absolute Gasteiger partial charge is 0.136 e. The number of aromatic nitrogens is 2. The molecular formula is C18H22N2O. The molecule has 0 aliphatic heterocycles. The Hall–Kier alpha value is -1.90. The van der Waals surface area contributed by atoms with Gasteiger partial charge in [0.15, 0.2) is 0 Å². The van der Waals surface area contributed by atoms with Crippen molar-refractivity contribution in [2.75, 3.05) is 0 Å². The van der Waals surface area contributed by atoms with Crippen LogP contribution < -0.4 is 0 Å². The van der Waals surface area contributed by atoms with Gasteiger partial charge in [0, 0.05) is 25.1 Å². The van der Waals surface area contributed by atoms with Crippen LogP contribution in [0.15, 0.2) is 36.4 Å². The Morgan fingerprint density at radius 3 is 2.71 bits per heavy atom. The molecule has 2 unspecified atom stereocenters. The molecule has 21 heavy (non-hydrogen) atoms. The summed E-state index contributed by atoms with van der Waals surface area (Å²) < 4.78 is 1.91. The number of ketones is 1. The standard InChI is InChI=1S/C18H22N2O/c1-13-10-17(20(2)19-13)12-16-11-15(8-9-18(16)21)14-6-4-3-5-7-14/h3-7,10,15-16H,8-9,11-12H2,1-2H3. The van der Waals surface area contributed by atoms with E-state index in [-0.39, 0.29) is 5.92 Å². The molecule has 1 heterocycles. The lowest BCUT2D eigenvalue weighted by atomic mass is 9.75. The van der Waals surface area contributed by atoms with Crippen molar-refractivity contribution in [3.63, 3.8) is 0 Å². The second kappa shape index (κ2) is 5.84. The number of Topliss-reactive ketones (excluding diaryl/α,β-unsaturated/α-hetero) is 1. The molecule has 110 valence electrons. The maximum atomic E-state index is 12.3. The lowest BCUT2D eigenvalue weighted by Crippen LogP contribution is -2.26. The first kappa shape index (κ1) is 14.1. The molecule has 0 amide bonds. The molecule has 2 atom stereocenters. The van der Waals surface area contributed by atoms with E-state index >= 15 is 0 Å².